The van der Waals surface area contributed by atoms with E-state index in [4.69, 9.17) is 4.74 Å². The Morgan fingerprint density at radius 2 is 1.59 bits per heavy atom. The van der Waals surface area contributed by atoms with Crippen LogP contribution in [0.5, 0.6) is 5.75 Å². The van der Waals surface area contributed by atoms with Crippen LogP contribution in [0.25, 0.3) is 0 Å². The van der Waals surface area contributed by atoms with E-state index in [1.807, 2.05) is 6.07 Å². The van der Waals surface area contributed by atoms with Crippen LogP contribution in [0.15, 0.2) is 36.4 Å². The Kier molecular flexibility index (Phi) is 7.02. The van der Waals surface area contributed by atoms with Crippen LogP contribution in [0, 0.1) is 39.9 Å². The van der Waals surface area contributed by atoms with Gasteiger partial charge in [-0.2, -0.15) is 0 Å². The predicted octanol–water partition coefficient (Wildman–Crippen LogP) is 8.15. The molecule has 8 atom stereocenters. The molecule has 0 saturated heterocycles. The summed E-state index contributed by atoms with van der Waals surface area (Å²) in [5, 5.41) is 23.1. The number of allylic oxidation sites excluding steroid dienone is 2. The molecular weight excluding hydrogens is 576 g/mol. The van der Waals surface area contributed by atoms with Crippen LogP contribution in [0.3, 0.4) is 0 Å². The van der Waals surface area contributed by atoms with Crippen molar-refractivity contribution in [3.8, 4) is 5.75 Å². The van der Waals surface area contributed by atoms with E-state index in [-0.39, 0.29) is 46.7 Å². The number of rotatable bonds is 3. The van der Waals surface area contributed by atoms with E-state index < -0.39 is 40.7 Å². The lowest BCUT2D eigenvalue weighted by atomic mass is 9.44. The first kappa shape index (κ1) is 31.8. The molecule has 6 nitrogen and oxygen atoms in total. The topological polar surface area (TPSA) is 101 Å². The molecule has 6 aliphatic rings. The van der Waals surface area contributed by atoms with E-state index in [0.29, 0.717) is 30.6 Å². The van der Waals surface area contributed by atoms with Crippen LogP contribution in [0.2, 0.25) is 0 Å². The molecule has 1 aromatic rings. The monoisotopic (exact) mass is 628 g/mol. The highest BCUT2D eigenvalue weighted by Crippen LogP contribution is 2.67. The lowest BCUT2D eigenvalue weighted by Gasteiger charge is -2.58. The minimum atomic E-state index is -1.21. The summed E-state index contributed by atoms with van der Waals surface area (Å²) in [4.78, 5) is 41.5. The summed E-state index contributed by atoms with van der Waals surface area (Å²) >= 11 is 0. The van der Waals surface area contributed by atoms with Gasteiger partial charge < -0.3 is 14.9 Å². The third-order valence-electron chi connectivity index (χ3n) is 14.7. The number of aliphatic hydroxyl groups is 1. The second kappa shape index (κ2) is 10.1. The molecule has 46 heavy (non-hydrogen) atoms. The first-order chi connectivity index (χ1) is 21.5. The van der Waals surface area contributed by atoms with Gasteiger partial charge in [-0.25, -0.2) is 0 Å². The first-order valence-electron chi connectivity index (χ1n) is 17.7. The van der Waals surface area contributed by atoms with Gasteiger partial charge in [-0.1, -0.05) is 72.3 Å². The zero-order valence-electron chi connectivity index (χ0n) is 28.5. The molecule has 248 valence electrons. The zero-order chi connectivity index (χ0) is 33.2. The van der Waals surface area contributed by atoms with Gasteiger partial charge in [0.05, 0.1) is 11.5 Å². The van der Waals surface area contributed by atoms with Crippen LogP contribution in [-0.2, 0) is 25.2 Å². The number of aliphatic hydroxyl groups excluding tert-OH is 1. The van der Waals surface area contributed by atoms with Crippen molar-refractivity contribution in [3.63, 3.8) is 0 Å². The predicted molar refractivity (Wildman–Crippen MR) is 176 cm³/mol. The molecule has 4 fully saturated rings. The van der Waals surface area contributed by atoms with Crippen LogP contribution >= 0.6 is 0 Å². The smallest absolute Gasteiger partial charge is 0.322 e. The highest BCUT2D eigenvalue weighted by molar-refractivity contribution is 6.02. The summed E-state index contributed by atoms with van der Waals surface area (Å²) in [6.45, 7) is 20.1. The summed E-state index contributed by atoms with van der Waals surface area (Å²) in [5.41, 5.74) is 1.45. The van der Waals surface area contributed by atoms with Gasteiger partial charge in [0.15, 0.2) is 5.78 Å². The van der Waals surface area contributed by atoms with Gasteiger partial charge in [-0.15, -0.1) is 0 Å². The van der Waals surface area contributed by atoms with Crippen molar-refractivity contribution in [3.05, 3.63) is 53.1 Å². The molecule has 1 aliphatic heterocycles. The number of benzene rings is 1. The van der Waals surface area contributed by atoms with Crippen molar-refractivity contribution < 1.29 is 29.3 Å². The Morgan fingerprint density at radius 3 is 2.28 bits per heavy atom. The van der Waals surface area contributed by atoms with Gasteiger partial charge in [0.25, 0.3) is 0 Å². The van der Waals surface area contributed by atoms with Gasteiger partial charge in [-0.3, -0.25) is 14.4 Å². The molecule has 6 heteroatoms. The summed E-state index contributed by atoms with van der Waals surface area (Å²) < 4.78 is 6.13. The molecular formula is C40H52O6. The molecule has 0 radical (unpaired) electrons. The first-order valence-corrected chi connectivity index (χ1v) is 17.7. The van der Waals surface area contributed by atoms with E-state index >= 15 is 0 Å². The Balaban J connectivity index is 1.41. The average Bonchev–Trinajstić information content (AvgIpc) is 3.26. The number of carboxylic acid groups (broad SMARTS) is 1. The Hall–Kier alpha value is -2.73. The van der Waals surface area contributed by atoms with Crippen molar-refractivity contribution in [1.29, 1.82) is 0 Å². The van der Waals surface area contributed by atoms with Crippen LogP contribution in [0.1, 0.15) is 134 Å². The fourth-order valence-corrected chi connectivity index (χ4v) is 12.5. The summed E-state index contributed by atoms with van der Waals surface area (Å²) in [6, 6.07) is 3.99. The number of Topliss-reactive ketones (excluding diaryl/α,β-unsaturated/α-hetero) is 1. The molecule has 0 unspecified atom stereocenters. The van der Waals surface area contributed by atoms with Gasteiger partial charge in [-0.05, 0) is 115 Å². The number of aliphatic carboxylic acids is 1. The van der Waals surface area contributed by atoms with Gasteiger partial charge >= 0.3 is 11.9 Å². The zero-order valence-corrected chi connectivity index (χ0v) is 28.5. The number of ether oxygens (including phenoxy) is 1. The maximum absolute atomic E-state index is 14.5. The van der Waals surface area contributed by atoms with E-state index in [1.165, 1.54) is 0 Å². The highest BCUT2D eigenvalue weighted by atomic mass is 16.5. The SMILES string of the molecule is C=C1CC[C@@H]2C(C)(C)CCC[C@]2(C(=O)O)[C@H]1C[C@H]1C(=C)C(=O)CC[C@]12C(=O)Oc1ccc3c(c12)[C@@H](O)C[C@H]1C(C)(C)CCC[C@]31C. The van der Waals surface area contributed by atoms with Crippen LogP contribution in [-0.4, -0.2) is 27.9 Å². The number of carboxylic acids is 1. The normalized spacial score (nSPS) is 40.9. The van der Waals surface area contributed by atoms with Crippen molar-refractivity contribution in [2.75, 3.05) is 0 Å². The number of esters is 1. The van der Waals surface area contributed by atoms with E-state index in [0.717, 1.165) is 67.2 Å². The Bertz CT molecular complexity index is 1560. The number of hydrogen-bond donors (Lipinski definition) is 2. The molecule has 0 bridgehead atoms. The fourth-order valence-electron chi connectivity index (χ4n) is 12.5. The molecule has 7 rings (SSSR count). The molecule has 1 aromatic carbocycles. The Morgan fingerprint density at radius 1 is 0.913 bits per heavy atom. The second-order valence-corrected chi connectivity index (χ2v) is 17.6. The summed E-state index contributed by atoms with van der Waals surface area (Å²) in [6.07, 6.45) is 7.68. The Labute approximate surface area is 274 Å². The number of hydrogen-bond acceptors (Lipinski definition) is 5. The number of fused-ring (bicyclic) bond motifs is 7. The minimum absolute atomic E-state index is 0.0332. The van der Waals surface area contributed by atoms with Gasteiger partial charge in [0, 0.05) is 17.9 Å². The molecule has 1 spiro atoms. The molecule has 0 amide bonds. The number of ketones is 1. The third kappa shape index (κ3) is 4.00. The van der Waals surface area contributed by atoms with Crippen LogP contribution in [0.4, 0.5) is 0 Å². The van der Waals surface area contributed by atoms with Crippen molar-refractivity contribution in [2.24, 2.45) is 39.9 Å². The van der Waals surface area contributed by atoms with Gasteiger partial charge in [0.1, 0.15) is 11.2 Å². The maximum Gasteiger partial charge on any atom is 0.322 e. The van der Waals surface area contributed by atoms with E-state index in [1.54, 1.807) is 0 Å². The summed E-state index contributed by atoms with van der Waals surface area (Å²) in [7, 11) is 0. The third-order valence-corrected chi connectivity index (χ3v) is 14.7. The quantitative estimate of drug-likeness (QED) is 0.152. The van der Waals surface area contributed by atoms with Crippen LogP contribution < -0.4 is 4.74 Å². The second-order valence-electron chi connectivity index (χ2n) is 17.6. The van der Waals surface area contributed by atoms with E-state index in [9.17, 15) is 24.6 Å². The maximum atomic E-state index is 14.5. The average molecular weight is 629 g/mol. The highest BCUT2D eigenvalue weighted by Gasteiger charge is 2.65. The molecule has 2 N–H and O–H groups in total. The molecule has 0 aromatic heterocycles. The number of carbonyl (C=O) groups excluding carboxylic acids is 2. The minimum Gasteiger partial charge on any atom is -0.481 e. The van der Waals surface area contributed by atoms with Crippen molar-refractivity contribution in [1.82, 2.24) is 0 Å². The van der Waals surface area contributed by atoms with Gasteiger partial charge in [0.2, 0.25) is 0 Å². The number of carbonyl (C=O) groups is 3. The van der Waals surface area contributed by atoms with Crippen molar-refractivity contribution in [2.45, 2.75) is 129 Å². The van der Waals surface area contributed by atoms with Crippen molar-refractivity contribution >= 4 is 17.7 Å². The largest absolute Gasteiger partial charge is 0.481 e. The summed E-state index contributed by atoms with van der Waals surface area (Å²) in [5.74, 6) is -1.59. The lowest BCUT2D eigenvalue weighted by Crippen LogP contribution is -2.57. The fraction of sp³-hybridized carbons (Fsp3) is 0.675. The molecule has 1 heterocycles. The van der Waals surface area contributed by atoms with E-state index in [2.05, 4.69) is 53.8 Å². The molecule has 4 saturated carbocycles. The molecule has 5 aliphatic carbocycles. The lowest BCUT2D eigenvalue weighted by molar-refractivity contribution is -0.171. The standard InChI is InChI=1S/C40H52O6/c1-22-10-13-30-36(3,4)16-9-18-39(30,34(43)44)25(22)20-26-23(2)27(41)14-19-40(26)33-29(46-35(40)45)12-11-24-32(33)28(42)21-31-37(5,6)15-8-17-38(24,31)7/h11-12,25-26,28,30-31,42H,1-2,8-10,13-21H2,3-7H3,(H,43,44)/t25-,26-,28-,30+,31-,38+,39-,40-/m0/s1.